The molecule has 1 amide bonds. The topological polar surface area (TPSA) is 64.3 Å². The standard InChI is InChI=1S/C9H10Br2N2O2/c1-15-4-8(14)13-9-6(11)2-5(10)3-7(9)12/h2-3H,4,12H2,1H3,(H,13,14). The largest absolute Gasteiger partial charge is 0.397 e. The number of methoxy groups -OCH3 is 1. The molecule has 0 aliphatic carbocycles. The molecule has 0 aliphatic rings. The van der Waals surface area contributed by atoms with Crippen LogP contribution in [0.2, 0.25) is 0 Å². The minimum absolute atomic E-state index is 0.00193. The maximum absolute atomic E-state index is 11.3. The molecule has 0 unspecified atom stereocenters. The Morgan fingerprint density at radius 3 is 2.73 bits per heavy atom. The number of halogens is 2. The fraction of sp³-hybridized carbons (Fsp3) is 0.222. The molecule has 1 aromatic carbocycles. The average Bonchev–Trinajstić information content (AvgIpc) is 2.11. The number of rotatable bonds is 3. The minimum Gasteiger partial charge on any atom is -0.397 e. The van der Waals surface area contributed by atoms with Crippen molar-refractivity contribution in [2.75, 3.05) is 24.8 Å². The molecular weight excluding hydrogens is 328 g/mol. The number of nitrogen functional groups attached to an aromatic ring is 1. The molecule has 4 nitrogen and oxygen atoms in total. The number of benzene rings is 1. The van der Waals surface area contributed by atoms with E-state index in [1.54, 1.807) is 12.1 Å². The summed E-state index contributed by atoms with van der Waals surface area (Å²) in [6, 6.07) is 3.52. The first-order valence-electron chi connectivity index (χ1n) is 4.08. The summed E-state index contributed by atoms with van der Waals surface area (Å²) in [4.78, 5) is 11.3. The predicted octanol–water partition coefficient (Wildman–Crippen LogP) is 2.38. The van der Waals surface area contributed by atoms with Gasteiger partial charge in [-0.15, -0.1) is 0 Å². The van der Waals surface area contributed by atoms with E-state index in [0.29, 0.717) is 11.4 Å². The van der Waals surface area contributed by atoms with Gasteiger partial charge in [-0.3, -0.25) is 4.79 Å². The maximum Gasteiger partial charge on any atom is 0.250 e. The molecule has 0 saturated carbocycles. The molecule has 0 atom stereocenters. The number of anilines is 2. The number of nitrogens with two attached hydrogens (primary N) is 1. The van der Waals surface area contributed by atoms with Gasteiger partial charge >= 0.3 is 0 Å². The Kier molecular flexibility index (Phi) is 4.56. The highest BCUT2D eigenvalue weighted by molar-refractivity contribution is 9.11. The van der Waals surface area contributed by atoms with Crippen molar-refractivity contribution in [1.29, 1.82) is 0 Å². The van der Waals surface area contributed by atoms with E-state index in [1.165, 1.54) is 7.11 Å². The molecule has 0 fully saturated rings. The van der Waals surface area contributed by atoms with Gasteiger partial charge in [0, 0.05) is 16.1 Å². The van der Waals surface area contributed by atoms with Crippen LogP contribution in [-0.2, 0) is 9.53 Å². The van der Waals surface area contributed by atoms with Gasteiger partial charge < -0.3 is 15.8 Å². The molecule has 0 saturated heterocycles. The van der Waals surface area contributed by atoms with Gasteiger partial charge in [0.1, 0.15) is 6.61 Å². The van der Waals surface area contributed by atoms with Crippen LogP contribution in [0, 0.1) is 0 Å². The number of amides is 1. The average molecular weight is 338 g/mol. The van der Waals surface area contributed by atoms with Crippen LogP contribution in [0.1, 0.15) is 0 Å². The molecule has 1 aromatic rings. The van der Waals surface area contributed by atoms with Crippen molar-refractivity contribution in [1.82, 2.24) is 0 Å². The highest BCUT2D eigenvalue weighted by Gasteiger charge is 2.09. The van der Waals surface area contributed by atoms with E-state index in [9.17, 15) is 4.79 Å². The molecule has 15 heavy (non-hydrogen) atoms. The first-order valence-corrected chi connectivity index (χ1v) is 5.66. The van der Waals surface area contributed by atoms with E-state index < -0.39 is 0 Å². The van der Waals surface area contributed by atoms with Crippen LogP contribution in [0.15, 0.2) is 21.1 Å². The number of hydrogen-bond acceptors (Lipinski definition) is 3. The molecule has 0 aromatic heterocycles. The van der Waals surface area contributed by atoms with Crippen molar-refractivity contribution in [3.63, 3.8) is 0 Å². The number of ether oxygens (including phenoxy) is 1. The van der Waals surface area contributed by atoms with Gasteiger partial charge in [-0.25, -0.2) is 0 Å². The second-order valence-electron chi connectivity index (χ2n) is 2.83. The number of nitrogens with one attached hydrogen (secondary N) is 1. The van der Waals surface area contributed by atoms with E-state index in [2.05, 4.69) is 37.2 Å². The van der Waals surface area contributed by atoms with Crippen molar-refractivity contribution in [2.45, 2.75) is 0 Å². The fourth-order valence-corrected chi connectivity index (χ4v) is 2.39. The van der Waals surface area contributed by atoms with Gasteiger partial charge in [0.15, 0.2) is 0 Å². The molecule has 0 spiro atoms. The summed E-state index contributed by atoms with van der Waals surface area (Å²) in [7, 11) is 1.46. The summed E-state index contributed by atoms with van der Waals surface area (Å²) in [5.41, 5.74) is 6.79. The quantitative estimate of drug-likeness (QED) is 0.832. The molecule has 0 heterocycles. The third-order valence-electron chi connectivity index (χ3n) is 1.63. The van der Waals surface area contributed by atoms with Gasteiger partial charge in [-0.2, -0.15) is 0 Å². The summed E-state index contributed by atoms with van der Waals surface area (Å²) >= 11 is 6.61. The summed E-state index contributed by atoms with van der Waals surface area (Å²) in [5.74, 6) is -0.243. The molecular formula is C9H10Br2N2O2. The lowest BCUT2D eigenvalue weighted by atomic mass is 10.2. The van der Waals surface area contributed by atoms with Gasteiger partial charge in [-0.1, -0.05) is 15.9 Å². The fourth-order valence-electron chi connectivity index (χ4n) is 1.03. The third-order valence-corrected chi connectivity index (χ3v) is 2.71. The van der Waals surface area contributed by atoms with Crippen molar-refractivity contribution in [3.05, 3.63) is 21.1 Å². The van der Waals surface area contributed by atoms with Crippen LogP contribution < -0.4 is 11.1 Å². The van der Waals surface area contributed by atoms with Gasteiger partial charge in [0.2, 0.25) is 5.91 Å². The zero-order chi connectivity index (χ0) is 11.4. The molecule has 0 bridgehead atoms. The van der Waals surface area contributed by atoms with Crippen molar-refractivity contribution in [3.8, 4) is 0 Å². The van der Waals surface area contributed by atoms with Crippen molar-refractivity contribution >= 4 is 49.1 Å². The smallest absolute Gasteiger partial charge is 0.250 e. The summed E-state index contributed by atoms with van der Waals surface area (Å²) in [6.07, 6.45) is 0. The van der Waals surface area contributed by atoms with Crippen LogP contribution in [0.4, 0.5) is 11.4 Å². The highest BCUT2D eigenvalue weighted by Crippen LogP contribution is 2.32. The van der Waals surface area contributed by atoms with Gasteiger partial charge in [-0.05, 0) is 28.1 Å². The molecule has 1 rings (SSSR count). The number of carbonyl (C=O) groups excluding carboxylic acids is 1. The molecule has 0 radical (unpaired) electrons. The normalized spacial score (nSPS) is 10.1. The van der Waals surface area contributed by atoms with E-state index in [1.807, 2.05) is 0 Å². The maximum atomic E-state index is 11.3. The van der Waals surface area contributed by atoms with Gasteiger partial charge in [0.25, 0.3) is 0 Å². The molecule has 3 N–H and O–H groups in total. The molecule has 0 aliphatic heterocycles. The lowest BCUT2D eigenvalue weighted by Crippen LogP contribution is -2.18. The van der Waals surface area contributed by atoms with E-state index >= 15 is 0 Å². The first kappa shape index (κ1) is 12.5. The molecule has 82 valence electrons. The van der Waals surface area contributed by atoms with Crippen LogP contribution in [0.3, 0.4) is 0 Å². The Labute approximate surface area is 104 Å². The second-order valence-corrected chi connectivity index (χ2v) is 4.60. The Morgan fingerprint density at radius 1 is 1.53 bits per heavy atom. The highest BCUT2D eigenvalue weighted by atomic mass is 79.9. The SMILES string of the molecule is COCC(=O)Nc1c(N)cc(Br)cc1Br. The lowest BCUT2D eigenvalue weighted by Gasteiger charge is -2.10. The van der Waals surface area contributed by atoms with Crippen LogP contribution >= 0.6 is 31.9 Å². The summed E-state index contributed by atoms with van der Waals surface area (Å²) in [5, 5.41) is 2.65. The Morgan fingerprint density at radius 2 is 2.20 bits per heavy atom. The Hall–Kier alpha value is -0.590. The van der Waals surface area contributed by atoms with Crippen molar-refractivity contribution < 1.29 is 9.53 Å². The Balaban J connectivity index is 2.90. The zero-order valence-corrected chi connectivity index (χ0v) is 11.2. The summed E-state index contributed by atoms with van der Waals surface area (Å²) in [6.45, 7) is 0.00193. The lowest BCUT2D eigenvalue weighted by molar-refractivity contribution is -0.119. The van der Waals surface area contributed by atoms with Gasteiger partial charge in [0.05, 0.1) is 11.4 Å². The number of hydrogen-bond donors (Lipinski definition) is 2. The van der Waals surface area contributed by atoms with Crippen molar-refractivity contribution in [2.24, 2.45) is 0 Å². The number of carbonyl (C=O) groups is 1. The third kappa shape index (κ3) is 3.48. The van der Waals surface area contributed by atoms with E-state index in [4.69, 9.17) is 10.5 Å². The van der Waals surface area contributed by atoms with E-state index in [-0.39, 0.29) is 12.5 Å². The minimum atomic E-state index is -0.243. The van der Waals surface area contributed by atoms with Crippen LogP contribution in [0.5, 0.6) is 0 Å². The molecule has 6 heteroatoms. The Bertz CT molecular complexity index is 359. The first-order chi connectivity index (χ1) is 7.04. The second kappa shape index (κ2) is 5.48. The predicted molar refractivity (Wildman–Crippen MR) is 66.8 cm³/mol. The van der Waals surface area contributed by atoms with E-state index in [0.717, 1.165) is 8.95 Å². The summed E-state index contributed by atoms with van der Waals surface area (Å²) < 4.78 is 6.27. The van der Waals surface area contributed by atoms with Crippen LogP contribution in [-0.4, -0.2) is 19.6 Å². The zero-order valence-electron chi connectivity index (χ0n) is 8.01. The monoisotopic (exact) mass is 336 g/mol. The van der Waals surface area contributed by atoms with Crippen LogP contribution in [0.25, 0.3) is 0 Å².